The molecule has 0 saturated heterocycles. The first-order valence-corrected chi connectivity index (χ1v) is 10.9. The van der Waals surface area contributed by atoms with Crippen molar-refractivity contribution >= 4 is 35.2 Å². The molecule has 0 unspecified atom stereocenters. The van der Waals surface area contributed by atoms with Crippen molar-refractivity contribution in [3.8, 4) is 5.75 Å². The number of aromatic nitrogens is 1. The Bertz CT molecular complexity index is 1180. The predicted octanol–water partition coefficient (Wildman–Crippen LogP) is 4.13. The van der Waals surface area contributed by atoms with Gasteiger partial charge in [0.2, 0.25) is 0 Å². The van der Waals surface area contributed by atoms with Gasteiger partial charge in [0, 0.05) is 23.1 Å². The summed E-state index contributed by atoms with van der Waals surface area (Å²) in [5.74, 6) is 1.16. The Kier molecular flexibility index (Phi) is 5.28. The molecular weight excluding hydrogens is 416 g/mol. The minimum Gasteiger partial charge on any atom is -0.490 e. The second kappa shape index (κ2) is 8.23. The average Bonchev–Trinajstić information content (AvgIpc) is 3.03. The summed E-state index contributed by atoms with van der Waals surface area (Å²) in [6, 6.07) is 9.91. The van der Waals surface area contributed by atoms with Gasteiger partial charge >= 0.3 is 6.09 Å². The Labute approximate surface area is 184 Å². The van der Waals surface area contributed by atoms with Crippen LogP contribution in [0.4, 0.5) is 10.5 Å². The molecule has 3 aliphatic rings. The Hall–Kier alpha value is -3.06. The highest BCUT2D eigenvalue weighted by molar-refractivity contribution is 6.34. The number of allylic oxidation sites excluding steroid dienone is 1. The maximum absolute atomic E-state index is 11.9. The molecule has 7 nitrogen and oxygen atoms in total. The Morgan fingerprint density at radius 1 is 1.19 bits per heavy atom. The first-order valence-electron chi connectivity index (χ1n) is 10.5. The number of halogens is 1. The molecule has 2 aromatic rings. The van der Waals surface area contributed by atoms with Crippen LogP contribution in [0.2, 0.25) is 0 Å². The van der Waals surface area contributed by atoms with Crippen LogP contribution >= 0.6 is 11.6 Å². The van der Waals surface area contributed by atoms with Gasteiger partial charge in [-0.15, -0.1) is 0 Å². The van der Waals surface area contributed by atoms with Gasteiger partial charge in [0.05, 0.1) is 34.7 Å². The Balaban J connectivity index is 1.45. The molecule has 3 heterocycles. The molecule has 2 N–H and O–H groups in total. The van der Waals surface area contributed by atoms with E-state index in [0.29, 0.717) is 22.6 Å². The van der Waals surface area contributed by atoms with E-state index in [-0.39, 0.29) is 18.6 Å². The van der Waals surface area contributed by atoms with Gasteiger partial charge in [0.15, 0.2) is 0 Å². The van der Waals surface area contributed by atoms with E-state index in [0.717, 1.165) is 48.0 Å². The van der Waals surface area contributed by atoms with Crippen LogP contribution in [0.1, 0.15) is 31.2 Å². The van der Waals surface area contributed by atoms with Crippen LogP contribution in [0.25, 0.3) is 11.8 Å². The third-order valence-corrected chi connectivity index (χ3v) is 6.39. The molecular formula is C23H23ClN4O3. The Morgan fingerprint density at radius 2 is 1.97 bits per heavy atom. The number of anilines is 1. The van der Waals surface area contributed by atoms with Crippen LogP contribution in [0.15, 0.2) is 51.7 Å². The number of carbonyl (C=O) groups is 1. The summed E-state index contributed by atoms with van der Waals surface area (Å²) in [5, 5.41) is 20.7. The summed E-state index contributed by atoms with van der Waals surface area (Å²) in [7, 11) is 0. The first-order chi connectivity index (χ1) is 15.1. The van der Waals surface area contributed by atoms with Crippen molar-refractivity contribution in [3.63, 3.8) is 0 Å². The fourth-order valence-electron chi connectivity index (χ4n) is 4.64. The summed E-state index contributed by atoms with van der Waals surface area (Å²) < 4.78 is 6.12. The normalized spacial score (nSPS) is 22.7. The van der Waals surface area contributed by atoms with Crippen molar-refractivity contribution in [3.05, 3.63) is 57.7 Å². The second-order valence-electron chi connectivity index (χ2n) is 8.06. The number of hydrogen-bond donors (Lipinski definition) is 2. The number of benzene rings is 1. The molecule has 31 heavy (non-hydrogen) atoms. The van der Waals surface area contributed by atoms with Gasteiger partial charge in [-0.2, -0.15) is 10.2 Å². The summed E-state index contributed by atoms with van der Waals surface area (Å²) >= 11 is 6.25. The molecule has 160 valence electrons. The lowest BCUT2D eigenvalue weighted by molar-refractivity contribution is 0.142. The zero-order valence-electron chi connectivity index (χ0n) is 16.9. The number of aromatic amines is 1. The van der Waals surface area contributed by atoms with Crippen LogP contribution < -0.4 is 20.3 Å². The minimum absolute atomic E-state index is 0.194. The van der Waals surface area contributed by atoms with Gasteiger partial charge in [-0.1, -0.05) is 29.8 Å². The summed E-state index contributed by atoms with van der Waals surface area (Å²) in [6.45, 7) is 0.558. The molecule has 0 bridgehead atoms. The minimum atomic E-state index is -1.01. The van der Waals surface area contributed by atoms with Crippen LogP contribution in [-0.2, 0) is 6.54 Å². The van der Waals surface area contributed by atoms with E-state index < -0.39 is 6.09 Å². The number of hydrogen-bond acceptors (Lipinski definition) is 4. The second-order valence-corrected chi connectivity index (χ2v) is 8.49. The van der Waals surface area contributed by atoms with E-state index in [2.05, 4.69) is 15.2 Å². The van der Waals surface area contributed by atoms with Gasteiger partial charge in [-0.25, -0.2) is 4.79 Å². The van der Waals surface area contributed by atoms with Gasteiger partial charge in [-0.3, -0.25) is 4.90 Å². The molecule has 0 spiro atoms. The number of H-pyrrole nitrogens is 1. The molecule has 2 aliphatic heterocycles. The molecule has 1 aromatic carbocycles. The zero-order valence-corrected chi connectivity index (χ0v) is 17.7. The maximum Gasteiger partial charge on any atom is 0.412 e. The monoisotopic (exact) mass is 438 g/mol. The quantitative estimate of drug-likeness (QED) is 0.754. The maximum atomic E-state index is 11.9. The van der Waals surface area contributed by atoms with Crippen molar-refractivity contribution in [1.29, 1.82) is 0 Å². The highest BCUT2D eigenvalue weighted by atomic mass is 35.5. The number of ether oxygens (including phenoxy) is 1. The lowest BCUT2D eigenvalue weighted by Crippen LogP contribution is -2.33. The topological polar surface area (TPSA) is 90.3 Å². The fraction of sp³-hybridized carbons (Fsp3) is 0.348. The van der Waals surface area contributed by atoms with Crippen molar-refractivity contribution in [1.82, 2.24) is 4.98 Å². The first kappa shape index (κ1) is 19.9. The fourth-order valence-corrected chi connectivity index (χ4v) is 4.82. The number of nitrogens with zero attached hydrogens (tertiary/aromatic N) is 3. The average molecular weight is 439 g/mol. The Morgan fingerprint density at radius 3 is 2.71 bits per heavy atom. The van der Waals surface area contributed by atoms with Crippen molar-refractivity contribution in [2.75, 3.05) is 11.4 Å². The third kappa shape index (κ3) is 3.85. The predicted molar refractivity (Wildman–Crippen MR) is 119 cm³/mol. The molecule has 1 saturated carbocycles. The van der Waals surface area contributed by atoms with E-state index >= 15 is 0 Å². The van der Waals surface area contributed by atoms with Gasteiger partial charge in [0.25, 0.3) is 0 Å². The lowest BCUT2D eigenvalue weighted by atomic mass is 9.84. The van der Waals surface area contributed by atoms with E-state index in [4.69, 9.17) is 16.3 Å². The SMILES string of the molecule is O=C(O)N1CC=C(Cl)C=c2[nH]c3c(c21)CN=NC=3C1CCC(Oc2ccccc2)CC1. The number of rotatable bonds is 3. The van der Waals surface area contributed by atoms with E-state index in [1.807, 2.05) is 30.3 Å². The summed E-state index contributed by atoms with van der Waals surface area (Å²) in [6.07, 6.45) is 6.43. The highest BCUT2D eigenvalue weighted by Gasteiger charge is 2.30. The van der Waals surface area contributed by atoms with E-state index in [9.17, 15) is 9.90 Å². The molecule has 1 aliphatic carbocycles. The van der Waals surface area contributed by atoms with Crippen LogP contribution in [0.5, 0.6) is 5.75 Å². The van der Waals surface area contributed by atoms with Crippen molar-refractivity contribution < 1.29 is 14.6 Å². The molecule has 8 heteroatoms. The number of azo groups is 1. The number of fused-ring (bicyclic) bond motifs is 3. The summed E-state index contributed by atoms with van der Waals surface area (Å²) in [5.41, 5.74) is 2.42. The standard InChI is InChI=1S/C23H23ClN4O3/c24-15-10-11-28(23(29)30)22-18-13-25-27-20(21(18)26-19(22)12-15)14-6-8-17(9-7-14)31-16-4-2-1-3-5-16/h1-5,10,12,14,17,26H,6-9,11,13H2,(H,29,30). The van der Waals surface area contributed by atoms with Gasteiger partial charge < -0.3 is 14.8 Å². The molecule has 0 radical (unpaired) electrons. The number of para-hydroxylation sites is 1. The van der Waals surface area contributed by atoms with Crippen LogP contribution in [0, 0.1) is 5.92 Å². The van der Waals surface area contributed by atoms with E-state index in [1.165, 1.54) is 4.90 Å². The molecule has 5 rings (SSSR count). The molecule has 1 aromatic heterocycles. The largest absolute Gasteiger partial charge is 0.490 e. The van der Waals surface area contributed by atoms with Crippen LogP contribution in [-0.4, -0.2) is 28.8 Å². The molecule has 1 amide bonds. The van der Waals surface area contributed by atoms with Crippen molar-refractivity contribution in [2.24, 2.45) is 16.1 Å². The van der Waals surface area contributed by atoms with E-state index in [1.54, 1.807) is 12.2 Å². The third-order valence-electron chi connectivity index (χ3n) is 6.12. The summed E-state index contributed by atoms with van der Waals surface area (Å²) in [4.78, 5) is 16.6. The molecule has 0 atom stereocenters. The highest BCUT2D eigenvalue weighted by Crippen LogP contribution is 2.34. The molecule has 1 fully saturated rings. The zero-order chi connectivity index (χ0) is 21.4. The van der Waals surface area contributed by atoms with Gasteiger partial charge in [-0.05, 0) is 50.0 Å². The number of carboxylic acid groups (broad SMARTS) is 1. The number of amides is 1. The smallest absolute Gasteiger partial charge is 0.412 e. The lowest BCUT2D eigenvalue weighted by Gasteiger charge is -2.29. The van der Waals surface area contributed by atoms with Crippen LogP contribution in [0.3, 0.4) is 0 Å². The van der Waals surface area contributed by atoms with Crippen molar-refractivity contribution in [2.45, 2.75) is 38.3 Å². The van der Waals surface area contributed by atoms with Gasteiger partial charge in [0.1, 0.15) is 5.75 Å². The number of nitrogens with one attached hydrogen (secondary N) is 1.